The molecule has 0 aliphatic carbocycles. The quantitative estimate of drug-likeness (QED) is 0.747. The summed E-state index contributed by atoms with van der Waals surface area (Å²) < 4.78 is 0. The summed E-state index contributed by atoms with van der Waals surface area (Å²) >= 11 is 0. The Morgan fingerprint density at radius 3 is 1.23 bits per heavy atom. The third kappa shape index (κ3) is 2.95. The molecule has 0 saturated carbocycles. The van der Waals surface area contributed by atoms with Crippen molar-refractivity contribution in [3.05, 3.63) is 35.4 Å². The van der Waals surface area contributed by atoms with E-state index in [2.05, 4.69) is 0 Å². The zero-order chi connectivity index (χ0) is 9.14. The van der Waals surface area contributed by atoms with Gasteiger partial charge in [0.1, 0.15) is 0 Å². The predicted molar refractivity (Wildman–Crippen MR) is 40.4 cm³/mol. The molecule has 4 nitrogen and oxygen atoms in total. The maximum absolute atomic E-state index is 10.3. The number of aromatic carboxylic acids is 2. The Bertz CT molecular complexity index is 284. The molecule has 0 spiro atoms. The van der Waals surface area contributed by atoms with Crippen molar-refractivity contribution in [2.45, 2.75) is 0 Å². The summed E-state index contributed by atoms with van der Waals surface area (Å²) in [6.45, 7) is 0. The van der Waals surface area contributed by atoms with Crippen molar-refractivity contribution < 1.29 is 39.3 Å². The standard InChI is InChI=1S/C8H6O4.Zn/c9-7(10)5-1-2-6(4-3-5)8(11)12;/h1-4H,(H,9,10)(H,11,12);. The Morgan fingerprint density at radius 2 is 1.08 bits per heavy atom. The second-order valence-electron chi connectivity index (χ2n) is 2.19. The largest absolute Gasteiger partial charge is 0.478 e. The predicted octanol–water partition coefficient (Wildman–Crippen LogP) is 1.08. The topological polar surface area (TPSA) is 74.6 Å². The average Bonchev–Trinajstić information content (AvgIpc) is 2.04. The van der Waals surface area contributed by atoms with E-state index >= 15 is 0 Å². The number of carbonyl (C=O) groups is 2. The van der Waals surface area contributed by atoms with Crippen LogP contribution in [0.25, 0.3) is 0 Å². The van der Waals surface area contributed by atoms with Gasteiger partial charge in [-0.25, -0.2) is 9.59 Å². The molecule has 0 radical (unpaired) electrons. The summed E-state index contributed by atoms with van der Waals surface area (Å²) in [5, 5.41) is 16.9. The summed E-state index contributed by atoms with van der Waals surface area (Å²) in [6, 6.07) is 5.02. The minimum atomic E-state index is -1.06. The third-order valence-corrected chi connectivity index (χ3v) is 1.38. The fraction of sp³-hybridized carbons (Fsp3) is 0. The van der Waals surface area contributed by atoms with Gasteiger partial charge in [-0.05, 0) is 24.3 Å². The van der Waals surface area contributed by atoms with E-state index in [-0.39, 0.29) is 30.6 Å². The van der Waals surface area contributed by atoms with E-state index in [1.807, 2.05) is 0 Å². The van der Waals surface area contributed by atoms with Gasteiger partial charge in [-0.3, -0.25) is 0 Å². The zero-order valence-electron chi connectivity index (χ0n) is 6.73. The Balaban J connectivity index is 0.00000144. The minimum absolute atomic E-state index is 0. The molecular formula is C8H6O4Zn. The number of carboxylic acid groups (broad SMARTS) is 2. The molecule has 13 heavy (non-hydrogen) atoms. The molecule has 0 fully saturated rings. The molecule has 64 valence electrons. The van der Waals surface area contributed by atoms with Crippen LogP contribution in [-0.4, -0.2) is 22.2 Å². The summed E-state index contributed by atoms with van der Waals surface area (Å²) in [7, 11) is 0. The van der Waals surface area contributed by atoms with Gasteiger partial charge < -0.3 is 10.2 Å². The molecule has 0 heterocycles. The van der Waals surface area contributed by atoms with Crippen LogP contribution < -0.4 is 0 Å². The van der Waals surface area contributed by atoms with Crippen molar-refractivity contribution >= 4 is 11.9 Å². The Kier molecular flexibility index (Phi) is 4.28. The summed E-state index contributed by atoms with van der Waals surface area (Å²) in [4.78, 5) is 20.7. The van der Waals surface area contributed by atoms with Gasteiger partial charge in [0.2, 0.25) is 0 Å². The first kappa shape index (κ1) is 11.8. The zero-order valence-corrected chi connectivity index (χ0v) is 9.69. The molecule has 0 saturated heterocycles. The van der Waals surface area contributed by atoms with Crippen LogP contribution in [-0.2, 0) is 19.5 Å². The van der Waals surface area contributed by atoms with Gasteiger partial charge in [0, 0.05) is 19.5 Å². The molecule has 1 rings (SSSR count). The van der Waals surface area contributed by atoms with E-state index in [1.165, 1.54) is 24.3 Å². The molecule has 0 bridgehead atoms. The van der Waals surface area contributed by atoms with Crippen molar-refractivity contribution in [1.29, 1.82) is 0 Å². The van der Waals surface area contributed by atoms with Gasteiger partial charge in [0.25, 0.3) is 0 Å². The third-order valence-electron chi connectivity index (χ3n) is 1.38. The number of hydrogen-bond acceptors (Lipinski definition) is 2. The average molecular weight is 232 g/mol. The smallest absolute Gasteiger partial charge is 0.335 e. The number of rotatable bonds is 2. The normalized spacial score (nSPS) is 8.62. The van der Waals surface area contributed by atoms with Crippen LogP contribution >= 0.6 is 0 Å². The van der Waals surface area contributed by atoms with Crippen molar-refractivity contribution in [3.63, 3.8) is 0 Å². The summed E-state index contributed by atoms with van der Waals surface area (Å²) in [6.07, 6.45) is 0. The van der Waals surface area contributed by atoms with E-state index in [9.17, 15) is 9.59 Å². The van der Waals surface area contributed by atoms with Crippen LogP contribution in [0.4, 0.5) is 0 Å². The molecular weight excluding hydrogens is 225 g/mol. The van der Waals surface area contributed by atoms with Crippen molar-refractivity contribution in [2.24, 2.45) is 0 Å². The fourth-order valence-corrected chi connectivity index (χ4v) is 0.755. The molecule has 1 aromatic carbocycles. The SMILES string of the molecule is O=C(O)c1ccc(C(=O)O)cc1.[Zn]. The first-order chi connectivity index (χ1) is 5.61. The van der Waals surface area contributed by atoms with Gasteiger partial charge in [-0.1, -0.05) is 0 Å². The van der Waals surface area contributed by atoms with E-state index in [0.717, 1.165) is 0 Å². The van der Waals surface area contributed by atoms with Crippen molar-refractivity contribution in [2.75, 3.05) is 0 Å². The monoisotopic (exact) mass is 230 g/mol. The molecule has 0 atom stereocenters. The fourth-order valence-electron chi connectivity index (χ4n) is 0.755. The molecule has 0 amide bonds. The minimum Gasteiger partial charge on any atom is -0.478 e. The number of carboxylic acids is 2. The van der Waals surface area contributed by atoms with Gasteiger partial charge in [0.05, 0.1) is 11.1 Å². The molecule has 0 unspecified atom stereocenters. The van der Waals surface area contributed by atoms with Gasteiger partial charge in [-0.15, -0.1) is 0 Å². The maximum atomic E-state index is 10.3. The Labute approximate surface area is 87.0 Å². The van der Waals surface area contributed by atoms with Crippen LogP contribution in [0.5, 0.6) is 0 Å². The molecule has 5 heteroatoms. The van der Waals surface area contributed by atoms with Crippen LogP contribution in [0.15, 0.2) is 24.3 Å². The van der Waals surface area contributed by atoms with E-state index < -0.39 is 11.9 Å². The van der Waals surface area contributed by atoms with E-state index in [1.54, 1.807) is 0 Å². The van der Waals surface area contributed by atoms with E-state index in [0.29, 0.717) is 0 Å². The molecule has 1 aromatic rings. The van der Waals surface area contributed by atoms with Crippen LogP contribution in [0, 0.1) is 0 Å². The van der Waals surface area contributed by atoms with Crippen LogP contribution in [0.3, 0.4) is 0 Å². The Morgan fingerprint density at radius 1 is 0.846 bits per heavy atom. The Hall–Kier alpha value is -1.22. The molecule has 0 aliphatic heterocycles. The summed E-state index contributed by atoms with van der Waals surface area (Å²) in [5.74, 6) is -2.13. The van der Waals surface area contributed by atoms with Crippen molar-refractivity contribution in [3.8, 4) is 0 Å². The molecule has 0 aromatic heterocycles. The van der Waals surface area contributed by atoms with Crippen LogP contribution in [0.2, 0.25) is 0 Å². The first-order valence-corrected chi connectivity index (χ1v) is 3.18. The van der Waals surface area contributed by atoms with E-state index in [4.69, 9.17) is 10.2 Å². The second-order valence-corrected chi connectivity index (χ2v) is 2.19. The molecule has 0 aliphatic rings. The number of hydrogen-bond donors (Lipinski definition) is 2. The molecule has 2 N–H and O–H groups in total. The van der Waals surface area contributed by atoms with Gasteiger partial charge in [-0.2, -0.15) is 0 Å². The van der Waals surface area contributed by atoms with Gasteiger partial charge >= 0.3 is 11.9 Å². The van der Waals surface area contributed by atoms with Crippen LogP contribution in [0.1, 0.15) is 20.7 Å². The maximum Gasteiger partial charge on any atom is 0.335 e. The second kappa shape index (κ2) is 4.72. The summed E-state index contributed by atoms with van der Waals surface area (Å²) in [5.41, 5.74) is 0.167. The van der Waals surface area contributed by atoms with Crippen molar-refractivity contribution in [1.82, 2.24) is 0 Å². The van der Waals surface area contributed by atoms with Gasteiger partial charge in [0.15, 0.2) is 0 Å². The number of benzene rings is 1. The first-order valence-electron chi connectivity index (χ1n) is 3.18.